The van der Waals surface area contributed by atoms with Crippen molar-refractivity contribution in [2.45, 2.75) is 45.6 Å². The fourth-order valence-corrected chi connectivity index (χ4v) is 3.50. The van der Waals surface area contributed by atoms with Gasteiger partial charge in [-0.2, -0.15) is 0 Å². The third-order valence-corrected chi connectivity index (χ3v) is 5.13. The molecule has 0 radical (unpaired) electrons. The van der Waals surface area contributed by atoms with Crippen LogP contribution < -0.4 is 10.9 Å². The Hall–Kier alpha value is -3.48. The average molecular weight is 403 g/mol. The van der Waals surface area contributed by atoms with E-state index in [2.05, 4.69) is 34.3 Å². The first kappa shape index (κ1) is 19.8. The number of carbonyl (C=O) groups excluding carboxylic acids is 1. The summed E-state index contributed by atoms with van der Waals surface area (Å²) in [6.07, 6.45) is 11.5. The van der Waals surface area contributed by atoms with Crippen molar-refractivity contribution >= 4 is 17.2 Å². The van der Waals surface area contributed by atoms with E-state index in [0.29, 0.717) is 5.65 Å². The van der Waals surface area contributed by atoms with Gasteiger partial charge in [-0.1, -0.05) is 32.3 Å². The average Bonchev–Trinajstić information content (AvgIpc) is 3.17. The van der Waals surface area contributed by atoms with Gasteiger partial charge in [-0.05, 0) is 42.7 Å². The minimum Gasteiger partial charge on any atom is -0.345 e. The molecular weight excluding hydrogens is 378 g/mol. The van der Waals surface area contributed by atoms with E-state index in [1.54, 1.807) is 24.4 Å². The van der Waals surface area contributed by atoms with Gasteiger partial charge in [-0.15, -0.1) is 0 Å². The Bertz CT molecular complexity index is 1240. The van der Waals surface area contributed by atoms with Crippen LogP contribution in [-0.2, 0) is 13.0 Å². The van der Waals surface area contributed by atoms with Crippen molar-refractivity contribution in [3.63, 3.8) is 0 Å². The summed E-state index contributed by atoms with van der Waals surface area (Å²) >= 11 is 0. The van der Waals surface area contributed by atoms with Crippen molar-refractivity contribution in [2.75, 3.05) is 0 Å². The second kappa shape index (κ2) is 8.90. The number of rotatable bonds is 8. The molecule has 0 bridgehead atoms. The zero-order chi connectivity index (χ0) is 20.9. The van der Waals surface area contributed by atoms with Crippen LogP contribution in [0, 0.1) is 0 Å². The summed E-state index contributed by atoms with van der Waals surface area (Å²) < 4.78 is 3.36. The fraction of sp³-hybridized carbons (Fsp3) is 0.304. The molecule has 0 atom stereocenters. The van der Waals surface area contributed by atoms with E-state index in [9.17, 15) is 9.59 Å². The summed E-state index contributed by atoms with van der Waals surface area (Å²) in [5, 5.41) is 2.81. The molecule has 7 nitrogen and oxygen atoms in total. The molecule has 0 spiro atoms. The number of unbranched alkanes of at least 4 members (excludes halogenated alkanes) is 3. The van der Waals surface area contributed by atoms with Gasteiger partial charge in [-0.3, -0.25) is 14.0 Å². The van der Waals surface area contributed by atoms with Crippen LogP contribution in [0.2, 0.25) is 0 Å². The molecule has 0 aliphatic carbocycles. The van der Waals surface area contributed by atoms with Crippen LogP contribution in [0.5, 0.6) is 0 Å². The summed E-state index contributed by atoms with van der Waals surface area (Å²) in [4.78, 5) is 33.5. The molecule has 4 aromatic rings. The normalized spacial score (nSPS) is 11.2. The van der Waals surface area contributed by atoms with Gasteiger partial charge in [0.1, 0.15) is 17.0 Å². The maximum Gasteiger partial charge on any atom is 0.270 e. The summed E-state index contributed by atoms with van der Waals surface area (Å²) in [7, 11) is 0. The lowest BCUT2D eigenvalue weighted by molar-refractivity contribution is 0.0945. The van der Waals surface area contributed by atoms with E-state index in [-0.39, 0.29) is 17.8 Å². The molecule has 0 aliphatic rings. The van der Waals surface area contributed by atoms with E-state index in [1.807, 2.05) is 16.8 Å². The third kappa shape index (κ3) is 4.40. The highest BCUT2D eigenvalue weighted by Crippen LogP contribution is 2.12. The maximum absolute atomic E-state index is 12.5. The lowest BCUT2D eigenvalue weighted by atomic mass is 10.1. The number of hydrogen-bond donors (Lipinski definition) is 1. The zero-order valence-electron chi connectivity index (χ0n) is 17.0. The first-order chi connectivity index (χ1) is 14.6. The number of nitrogens with zero attached hydrogens (tertiary/aromatic N) is 4. The van der Waals surface area contributed by atoms with Gasteiger partial charge in [0, 0.05) is 24.7 Å². The number of aromatic nitrogens is 4. The molecule has 0 saturated heterocycles. The van der Waals surface area contributed by atoms with E-state index in [1.165, 1.54) is 41.7 Å². The van der Waals surface area contributed by atoms with E-state index in [0.717, 1.165) is 17.8 Å². The van der Waals surface area contributed by atoms with E-state index < -0.39 is 5.91 Å². The molecule has 30 heavy (non-hydrogen) atoms. The highest BCUT2D eigenvalue weighted by atomic mass is 16.2. The van der Waals surface area contributed by atoms with Crippen molar-refractivity contribution in [1.29, 1.82) is 0 Å². The molecular formula is C23H25N5O2. The van der Waals surface area contributed by atoms with Crippen LogP contribution >= 0.6 is 0 Å². The van der Waals surface area contributed by atoms with Crippen LogP contribution in [0.3, 0.4) is 0 Å². The molecule has 0 saturated carbocycles. The van der Waals surface area contributed by atoms with Crippen LogP contribution in [0.1, 0.15) is 54.4 Å². The highest BCUT2D eigenvalue weighted by Gasteiger charge is 2.11. The molecule has 0 unspecified atom stereocenters. The molecule has 0 aromatic carbocycles. The van der Waals surface area contributed by atoms with Crippen LogP contribution in [0.4, 0.5) is 0 Å². The first-order valence-electron chi connectivity index (χ1n) is 10.4. The summed E-state index contributed by atoms with van der Waals surface area (Å²) in [5.74, 6) is -0.396. The van der Waals surface area contributed by atoms with E-state index >= 15 is 0 Å². The predicted octanol–water partition coefficient (Wildman–Crippen LogP) is 3.40. The van der Waals surface area contributed by atoms with Gasteiger partial charge in [0.25, 0.3) is 11.5 Å². The lowest BCUT2D eigenvalue weighted by Crippen LogP contribution is -2.27. The Labute approximate surface area is 174 Å². The van der Waals surface area contributed by atoms with Gasteiger partial charge < -0.3 is 9.72 Å². The quantitative estimate of drug-likeness (QED) is 0.457. The molecule has 154 valence electrons. The predicted molar refractivity (Wildman–Crippen MR) is 116 cm³/mol. The number of carbonyl (C=O) groups is 1. The number of hydrogen-bond acceptors (Lipinski definition) is 4. The topological polar surface area (TPSA) is 80.8 Å². The molecule has 1 N–H and O–H groups in total. The Kier molecular flexibility index (Phi) is 5.88. The number of amides is 1. The molecule has 4 rings (SSSR count). The fourth-order valence-electron chi connectivity index (χ4n) is 3.50. The third-order valence-electron chi connectivity index (χ3n) is 5.13. The Morgan fingerprint density at radius 2 is 1.93 bits per heavy atom. The molecule has 4 heterocycles. The summed E-state index contributed by atoms with van der Waals surface area (Å²) in [6.45, 7) is 2.48. The van der Waals surface area contributed by atoms with Crippen molar-refractivity contribution in [3.8, 4) is 0 Å². The first-order valence-corrected chi connectivity index (χ1v) is 10.4. The second-order valence-electron chi connectivity index (χ2n) is 7.43. The van der Waals surface area contributed by atoms with E-state index in [4.69, 9.17) is 0 Å². The van der Waals surface area contributed by atoms with Crippen LogP contribution in [0.15, 0.2) is 59.8 Å². The number of fused-ring (bicyclic) bond motifs is 2. The SMILES string of the molecule is CCCCCCc1ccn2cc(CNC(=O)c3cc(=O)n4ccccc4n3)nc2c1. The summed E-state index contributed by atoms with van der Waals surface area (Å²) in [5.41, 5.74) is 3.16. The van der Waals surface area contributed by atoms with Gasteiger partial charge in [0.2, 0.25) is 0 Å². The van der Waals surface area contributed by atoms with Gasteiger partial charge in [0.15, 0.2) is 0 Å². The zero-order valence-corrected chi connectivity index (χ0v) is 17.0. The molecule has 7 heteroatoms. The number of aryl methyl sites for hydroxylation is 1. The second-order valence-corrected chi connectivity index (χ2v) is 7.43. The van der Waals surface area contributed by atoms with Gasteiger partial charge in [-0.25, -0.2) is 9.97 Å². The lowest BCUT2D eigenvalue weighted by Gasteiger charge is -2.04. The molecule has 0 fully saturated rings. The Morgan fingerprint density at radius 3 is 2.80 bits per heavy atom. The largest absolute Gasteiger partial charge is 0.345 e. The monoisotopic (exact) mass is 403 g/mol. The van der Waals surface area contributed by atoms with Crippen LogP contribution in [-0.4, -0.2) is 24.7 Å². The van der Waals surface area contributed by atoms with Crippen LogP contribution in [0.25, 0.3) is 11.3 Å². The number of nitrogens with one attached hydrogen (secondary N) is 1. The minimum absolute atomic E-state index is 0.101. The maximum atomic E-state index is 12.5. The van der Waals surface area contributed by atoms with Crippen molar-refractivity contribution in [2.24, 2.45) is 0 Å². The van der Waals surface area contributed by atoms with Gasteiger partial charge in [0.05, 0.1) is 12.2 Å². The highest BCUT2D eigenvalue weighted by molar-refractivity contribution is 5.92. The number of imidazole rings is 1. The minimum atomic E-state index is -0.396. The summed E-state index contributed by atoms with van der Waals surface area (Å²) in [6, 6.07) is 10.7. The van der Waals surface area contributed by atoms with Gasteiger partial charge >= 0.3 is 0 Å². The Morgan fingerprint density at radius 1 is 1.03 bits per heavy atom. The standard InChI is InChI=1S/C23H25N5O2/c1-2-3-4-5-8-17-10-12-27-16-18(25-21(27)13-17)15-24-23(30)19-14-22(29)28-11-7-6-9-20(28)26-19/h6-7,9-14,16H,2-5,8,15H2,1H3,(H,24,30). The molecule has 0 aliphatic heterocycles. The smallest absolute Gasteiger partial charge is 0.270 e. The molecule has 4 aromatic heterocycles. The molecule has 1 amide bonds. The van der Waals surface area contributed by atoms with Crippen molar-refractivity contribution in [3.05, 3.63) is 82.3 Å². The Balaban J connectivity index is 1.43. The van der Waals surface area contributed by atoms with Crippen molar-refractivity contribution in [1.82, 2.24) is 24.1 Å². The number of pyridine rings is 2. The van der Waals surface area contributed by atoms with Crippen molar-refractivity contribution < 1.29 is 4.79 Å².